The molecular weight excluding hydrogens is 747 g/mol. The first-order chi connectivity index (χ1) is 27.8. The van der Waals surface area contributed by atoms with E-state index in [2.05, 4.69) is 30.6 Å². The van der Waals surface area contributed by atoms with E-state index in [0.29, 0.717) is 18.2 Å². The summed E-state index contributed by atoms with van der Waals surface area (Å²) in [5.74, 6) is 0.0889. The molecule has 4 atom stereocenters. The number of carbonyl (C=O) groups is 5. The summed E-state index contributed by atoms with van der Waals surface area (Å²) >= 11 is 0. The maximum Gasteiger partial charge on any atom is 0.410 e. The van der Waals surface area contributed by atoms with Gasteiger partial charge in [0.15, 0.2) is 0 Å². The molecule has 2 aliphatic heterocycles. The number of nitrogens with one attached hydrogen (secondary N) is 4. The molecule has 5 amide bonds. The number of H-pyrrole nitrogens is 2. The van der Waals surface area contributed by atoms with E-state index in [1.807, 2.05) is 88.4 Å². The van der Waals surface area contributed by atoms with Crippen LogP contribution in [0.5, 0.6) is 0 Å². The summed E-state index contributed by atoms with van der Waals surface area (Å²) in [6.07, 6.45) is 5.29. The van der Waals surface area contributed by atoms with E-state index in [0.717, 1.165) is 33.6 Å². The molecule has 58 heavy (non-hydrogen) atoms. The number of carbonyl (C=O) groups excluding carboxylic acids is 5. The van der Waals surface area contributed by atoms with Crippen molar-refractivity contribution in [3.8, 4) is 33.6 Å². The van der Waals surface area contributed by atoms with E-state index < -0.39 is 42.4 Å². The third-order valence-corrected chi connectivity index (χ3v) is 10.3. The standard InChI is InChI=1S/C41H49N9O8/c1-23(2)33(46-39(53)56-5)37(51)49-18-8-9-31(49)35-42-19-29(44-35)27-14-10-25(11-15-27)26-12-16-28(17-13-26)30-20-43-36(45-30)32-21-48(41(55)58-7)22-50(32)38(52)34(24(3)4)47-40(54)57-6/h8-17,19-20,23-24,31-34H,18,21-22H2,1-7H3,(H,42,44)(H,43,45)(H,46,53)(H,47,54)/t31-,32-,33-,34-/m0/s1. The number of alkyl carbamates (subject to hydrolysis) is 2. The maximum absolute atomic E-state index is 13.8. The zero-order valence-electron chi connectivity index (χ0n) is 33.5. The van der Waals surface area contributed by atoms with Crippen molar-refractivity contribution in [2.24, 2.45) is 11.8 Å². The summed E-state index contributed by atoms with van der Waals surface area (Å²) in [5.41, 5.74) is 5.29. The van der Waals surface area contributed by atoms with Crippen LogP contribution in [0, 0.1) is 11.8 Å². The van der Waals surface area contributed by atoms with E-state index in [-0.39, 0.29) is 36.9 Å². The third-order valence-electron chi connectivity index (χ3n) is 10.3. The van der Waals surface area contributed by atoms with Gasteiger partial charge in [0.05, 0.1) is 58.3 Å². The zero-order valence-corrected chi connectivity index (χ0v) is 33.5. The topological polar surface area (TPSA) is 204 Å². The monoisotopic (exact) mass is 795 g/mol. The number of nitrogens with zero attached hydrogens (tertiary/aromatic N) is 5. The minimum absolute atomic E-state index is 0.0404. The summed E-state index contributed by atoms with van der Waals surface area (Å²) in [6.45, 7) is 7.86. The van der Waals surface area contributed by atoms with Crippen LogP contribution in [-0.4, -0.2) is 118 Å². The minimum Gasteiger partial charge on any atom is -0.453 e. The number of benzene rings is 2. The van der Waals surface area contributed by atoms with Crippen molar-refractivity contribution in [3.05, 3.63) is 84.7 Å². The van der Waals surface area contributed by atoms with Crippen LogP contribution in [-0.2, 0) is 23.8 Å². The van der Waals surface area contributed by atoms with Gasteiger partial charge in [-0.15, -0.1) is 0 Å². The van der Waals surface area contributed by atoms with Gasteiger partial charge in [0, 0.05) is 6.54 Å². The van der Waals surface area contributed by atoms with Crippen molar-refractivity contribution in [3.63, 3.8) is 0 Å². The molecule has 0 radical (unpaired) electrons. The number of hydrogen-bond acceptors (Lipinski definition) is 10. The Labute approximate surface area is 336 Å². The van der Waals surface area contributed by atoms with Gasteiger partial charge in [0.2, 0.25) is 11.8 Å². The lowest BCUT2D eigenvalue weighted by Crippen LogP contribution is -2.51. The lowest BCUT2D eigenvalue weighted by atomic mass is 10.0. The van der Waals surface area contributed by atoms with Crippen molar-refractivity contribution >= 4 is 30.1 Å². The van der Waals surface area contributed by atoms with Gasteiger partial charge in [-0.2, -0.15) is 0 Å². The smallest absolute Gasteiger partial charge is 0.410 e. The van der Waals surface area contributed by atoms with Gasteiger partial charge in [-0.25, -0.2) is 24.4 Å². The summed E-state index contributed by atoms with van der Waals surface area (Å²) < 4.78 is 14.4. The Kier molecular flexibility index (Phi) is 12.5. The largest absolute Gasteiger partial charge is 0.453 e. The van der Waals surface area contributed by atoms with Crippen LogP contribution in [0.25, 0.3) is 33.6 Å². The molecule has 2 aromatic carbocycles. The van der Waals surface area contributed by atoms with Crippen molar-refractivity contribution in [1.29, 1.82) is 0 Å². The number of ether oxygens (including phenoxy) is 3. The van der Waals surface area contributed by atoms with Gasteiger partial charge >= 0.3 is 18.3 Å². The Morgan fingerprint density at radius 2 is 1.14 bits per heavy atom. The van der Waals surface area contributed by atoms with Gasteiger partial charge < -0.3 is 44.6 Å². The molecule has 0 bridgehead atoms. The second-order valence-corrected chi connectivity index (χ2v) is 14.8. The number of imidazole rings is 2. The quantitative estimate of drug-likeness (QED) is 0.115. The predicted octanol–water partition coefficient (Wildman–Crippen LogP) is 5.24. The molecule has 4 N–H and O–H groups in total. The molecule has 1 fully saturated rings. The van der Waals surface area contributed by atoms with Crippen molar-refractivity contribution in [2.75, 3.05) is 41.1 Å². The number of hydrogen-bond donors (Lipinski definition) is 4. The Morgan fingerprint density at radius 3 is 1.62 bits per heavy atom. The highest BCUT2D eigenvalue weighted by molar-refractivity contribution is 5.88. The van der Waals surface area contributed by atoms with Crippen LogP contribution in [0.4, 0.5) is 14.4 Å². The fourth-order valence-electron chi connectivity index (χ4n) is 7.08. The maximum atomic E-state index is 13.8. The van der Waals surface area contributed by atoms with Gasteiger partial charge in [-0.05, 0) is 34.1 Å². The van der Waals surface area contributed by atoms with Crippen molar-refractivity contribution in [2.45, 2.75) is 51.9 Å². The molecule has 4 heterocycles. The molecule has 17 nitrogen and oxygen atoms in total. The van der Waals surface area contributed by atoms with E-state index in [1.165, 1.54) is 31.1 Å². The number of amides is 5. The highest BCUT2D eigenvalue weighted by Gasteiger charge is 2.42. The second kappa shape index (κ2) is 17.7. The fourth-order valence-corrected chi connectivity index (χ4v) is 7.08. The normalized spacial score (nSPS) is 17.4. The van der Waals surface area contributed by atoms with E-state index in [4.69, 9.17) is 14.2 Å². The van der Waals surface area contributed by atoms with Gasteiger partial charge in [-0.3, -0.25) is 14.5 Å². The molecule has 2 aliphatic rings. The molecule has 17 heteroatoms. The van der Waals surface area contributed by atoms with Crippen LogP contribution in [0.2, 0.25) is 0 Å². The van der Waals surface area contributed by atoms with E-state index in [1.54, 1.807) is 17.3 Å². The van der Waals surface area contributed by atoms with Crippen molar-refractivity contribution < 1.29 is 38.2 Å². The Morgan fingerprint density at radius 1 is 0.672 bits per heavy atom. The Balaban J connectivity index is 1.14. The van der Waals surface area contributed by atoms with Gasteiger partial charge in [-0.1, -0.05) is 88.4 Å². The summed E-state index contributed by atoms with van der Waals surface area (Å²) in [4.78, 5) is 84.3. The average molecular weight is 796 g/mol. The zero-order chi connectivity index (χ0) is 41.7. The first-order valence-electron chi connectivity index (χ1n) is 18.9. The van der Waals surface area contributed by atoms with Crippen LogP contribution < -0.4 is 10.6 Å². The summed E-state index contributed by atoms with van der Waals surface area (Å²) in [7, 11) is 3.78. The van der Waals surface area contributed by atoms with Gasteiger partial charge in [0.25, 0.3) is 0 Å². The number of aromatic nitrogens is 4. The SMILES string of the molecule is COC(=O)N[C@H](C(=O)N1CC=C[C@H]1c1ncc(-c2ccc(-c3ccc(-c4cnc([C@@H]5CN(C(=O)OC)CN5C(=O)[C@@H](NC(=O)OC)C(C)C)[nH]4)cc3)cc2)[nH]1)C(C)C. The highest BCUT2D eigenvalue weighted by Crippen LogP contribution is 2.33. The molecule has 0 spiro atoms. The molecule has 0 saturated carbocycles. The lowest BCUT2D eigenvalue weighted by Gasteiger charge is -2.29. The molecule has 6 rings (SSSR count). The fraction of sp³-hybridized carbons (Fsp3) is 0.390. The summed E-state index contributed by atoms with van der Waals surface area (Å²) in [6, 6.07) is 13.3. The molecule has 4 aromatic rings. The van der Waals surface area contributed by atoms with E-state index >= 15 is 0 Å². The lowest BCUT2D eigenvalue weighted by molar-refractivity contribution is -0.136. The molecule has 0 unspecified atom stereocenters. The van der Waals surface area contributed by atoms with Crippen LogP contribution in [0.3, 0.4) is 0 Å². The first-order valence-corrected chi connectivity index (χ1v) is 18.9. The molecule has 1 saturated heterocycles. The number of methoxy groups -OCH3 is 3. The first kappa shape index (κ1) is 41.0. The third kappa shape index (κ3) is 8.67. The van der Waals surface area contributed by atoms with Gasteiger partial charge in [0.1, 0.15) is 35.8 Å². The molecule has 306 valence electrons. The van der Waals surface area contributed by atoms with Crippen molar-refractivity contribution in [1.82, 2.24) is 45.3 Å². The average Bonchev–Trinajstić information content (AvgIpc) is 4.07. The highest BCUT2D eigenvalue weighted by atomic mass is 16.5. The number of aromatic amines is 2. The van der Waals surface area contributed by atoms with Crippen LogP contribution in [0.1, 0.15) is 51.4 Å². The molecule has 2 aromatic heterocycles. The van der Waals surface area contributed by atoms with Crippen LogP contribution >= 0.6 is 0 Å². The van der Waals surface area contributed by atoms with E-state index in [9.17, 15) is 24.0 Å². The second-order valence-electron chi connectivity index (χ2n) is 14.8. The molecular formula is C41H49N9O8. The number of rotatable bonds is 11. The minimum atomic E-state index is -0.889. The molecule has 0 aliphatic carbocycles. The Bertz CT molecular complexity index is 2140. The Hall–Kier alpha value is -6.65. The predicted molar refractivity (Wildman–Crippen MR) is 213 cm³/mol. The summed E-state index contributed by atoms with van der Waals surface area (Å²) in [5, 5.41) is 5.27. The van der Waals surface area contributed by atoms with Crippen LogP contribution in [0.15, 0.2) is 73.1 Å².